The van der Waals surface area contributed by atoms with E-state index in [1.165, 1.54) is 11.8 Å². The molecule has 1 amide bonds. The summed E-state index contributed by atoms with van der Waals surface area (Å²) < 4.78 is 10.5. The Morgan fingerprint density at radius 1 is 1.30 bits per heavy atom. The van der Waals surface area contributed by atoms with Gasteiger partial charge in [-0.1, -0.05) is 35.0 Å². The number of hydrogen-bond acceptors (Lipinski definition) is 6. The lowest BCUT2D eigenvalue weighted by molar-refractivity contribution is -0.113. The lowest BCUT2D eigenvalue weighted by Gasteiger charge is -2.10. The third-order valence-corrected chi connectivity index (χ3v) is 4.92. The van der Waals surface area contributed by atoms with Crippen LogP contribution in [0.15, 0.2) is 47.0 Å². The zero-order valence-corrected chi connectivity index (χ0v) is 16.4. The van der Waals surface area contributed by atoms with Crippen molar-refractivity contribution in [1.29, 1.82) is 0 Å². The predicted octanol–water partition coefficient (Wildman–Crippen LogP) is 4.58. The van der Waals surface area contributed by atoms with Gasteiger partial charge in [0, 0.05) is 0 Å². The number of amides is 1. The molecule has 0 bridgehead atoms. The fraction of sp³-hybridized carbons (Fsp3) is 0.211. The van der Waals surface area contributed by atoms with Gasteiger partial charge in [0.25, 0.3) is 5.89 Å². The van der Waals surface area contributed by atoms with E-state index >= 15 is 0 Å². The van der Waals surface area contributed by atoms with E-state index in [2.05, 4.69) is 15.5 Å². The number of aromatic nitrogens is 2. The zero-order valence-electron chi connectivity index (χ0n) is 14.9. The minimum absolute atomic E-state index is 0.126. The second-order valence-electron chi connectivity index (χ2n) is 5.74. The molecule has 1 aromatic heterocycles. The van der Waals surface area contributed by atoms with Gasteiger partial charge < -0.3 is 14.6 Å². The third kappa shape index (κ3) is 5.02. The maximum absolute atomic E-state index is 12.2. The largest absolute Gasteiger partial charge is 0.495 e. The molecule has 0 aliphatic rings. The average molecular weight is 404 g/mol. The first-order valence-electron chi connectivity index (χ1n) is 8.16. The van der Waals surface area contributed by atoms with Crippen molar-refractivity contribution in [3.8, 4) is 17.2 Å². The molecule has 8 heteroatoms. The van der Waals surface area contributed by atoms with Crippen LogP contribution in [0.4, 0.5) is 5.69 Å². The summed E-state index contributed by atoms with van der Waals surface area (Å²) in [6.45, 7) is 1.96. The van der Waals surface area contributed by atoms with Crippen LogP contribution >= 0.6 is 23.4 Å². The highest BCUT2D eigenvalue weighted by molar-refractivity contribution is 7.99. The molecule has 0 aliphatic heterocycles. The second kappa shape index (κ2) is 8.92. The Hall–Kier alpha value is -2.51. The zero-order chi connectivity index (χ0) is 19.2. The van der Waals surface area contributed by atoms with Gasteiger partial charge in [-0.05, 0) is 36.8 Å². The lowest BCUT2D eigenvalue weighted by Crippen LogP contribution is -2.15. The van der Waals surface area contributed by atoms with Gasteiger partial charge in [-0.25, -0.2) is 0 Å². The molecule has 0 spiro atoms. The number of thioether (sulfide) groups is 1. The molecule has 27 heavy (non-hydrogen) atoms. The van der Waals surface area contributed by atoms with Crippen molar-refractivity contribution in [2.75, 3.05) is 18.2 Å². The predicted molar refractivity (Wildman–Crippen MR) is 107 cm³/mol. The molecular formula is C19H18ClN3O3S. The summed E-state index contributed by atoms with van der Waals surface area (Å²) in [4.78, 5) is 16.5. The number of benzene rings is 2. The summed E-state index contributed by atoms with van der Waals surface area (Å²) in [6.07, 6.45) is 0. The van der Waals surface area contributed by atoms with Crippen LogP contribution in [0, 0.1) is 6.92 Å². The number of carbonyl (C=O) groups is 1. The quantitative estimate of drug-likeness (QED) is 0.622. The SMILES string of the molecule is COc1ccc(C)cc1NC(=O)CSCc1noc(-c2ccccc2Cl)n1. The summed E-state index contributed by atoms with van der Waals surface area (Å²) in [5.74, 6) is 2.08. The van der Waals surface area contributed by atoms with Crippen molar-refractivity contribution >= 4 is 35.0 Å². The minimum atomic E-state index is -0.126. The van der Waals surface area contributed by atoms with E-state index in [0.717, 1.165) is 5.56 Å². The number of ether oxygens (including phenoxy) is 1. The van der Waals surface area contributed by atoms with Crippen LogP contribution in [0.5, 0.6) is 5.75 Å². The fourth-order valence-corrected chi connectivity index (χ4v) is 3.27. The van der Waals surface area contributed by atoms with Crippen LogP contribution in [0.25, 0.3) is 11.5 Å². The molecule has 0 saturated heterocycles. The fourth-order valence-electron chi connectivity index (χ4n) is 2.40. The number of carbonyl (C=O) groups excluding carboxylic acids is 1. The van der Waals surface area contributed by atoms with Gasteiger partial charge in [0.1, 0.15) is 5.75 Å². The molecule has 0 unspecified atom stereocenters. The first kappa shape index (κ1) is 19.3. The number of methoxy groups -OCH3 is 1. The van der Waals surface area contributed by atoms with Crippen molar-refractivity contribution in [1.82, 2.24) is 10.1 Å². The molecule has 1 N–H and O–H groups in total. The summed E-state index contributed by atoms with van der Waals surface area (Å²) >= 11 is 7.52. The molecule has 0 fully saturated rings. The molecule has 2 aromatic carbocycles. The summed E-state index contributed by atoms with van der Waals surface area (Å²) in [5, 5.41) is 7.34. The van der Waals surface area contributed by atoms with Crippen molar-refractivity contribution in [3.05, 3.63) is 58.9 Å². The van der Waals surface area contributed by atoms with Crippen molar-refractivity contribution in [2.45, 2.75) is 12.7 Å². The van der Waals surface area contributed by atoms with E-state index in [1.54, 1.807) is 13.2 Å². The first-order chi connectivity index (χ1) is 13.1. The van der Waals surface area contributed by atoms with Gasteiger partial charge in [-0.2, -0.15) is 4.98 Å². The monoisotopic (exact) mass is 403 g/mol. The summed E-state index contributed by atoms with van der Waals surface area (Å²) in [7, 11) is 1.57. The Morgan fingerprint density at radius 3 is 2.89 bits per heavy atom. The number of halogens is 1. The van der Waals surface area contributed by atoms with Crippen LogP contribution in [0.2, 0.25) is 5.02 Å². The third-order valence-electron chi connectivity index (χ3n) is 3.67. The van der Waals surface area contributed by atoms with Crippen LogP contribution in [-0.2, 0) is 10.5 Å². The maximum Gasteiger partial charge on any atom is 0.259 e. The molecule has 0 radical (unpaired) electrons. The highest BCUT2D eigenvalue weighted by atomic mass is 35.5. The van der Waals surface area contributed by atoms with E-state index in [-0.39, 0.29) is 11.7 Å². The van der Waals surface area contributed by atoms with Gasteiger partial charge >= 0.3 is 0 Å². The molecule has 6 nitrogen and oxygen atoms in total. The second-order valence-corrected chi connectivity index (χ2v) is 7.13. The van der Waals surface area contributed by atoms with E-state index in [4.69, 9.17) is 20.9 Å². The van der Waals surface area contributed by atoms with Crippen LogP contribution in [0.1, 0.15) is 11.4 Å². The topological polar surface area (TPSA) is 77.2 Å². The van der Waals surface area contributed by atoms with Gasteiger partial charge in [-0.3, -0.25) is 4.79 Å². The van der Waals surface area contributed by atoms with Crippen molar-refractivity contribution in [3.63, 3.8) is 0 Å². The molecular weight excluding hydrogens is 386 g/mol. The summed E-state index contributed by atoms with van der Waals surface area (Å²) in [6, 6.07) is 12.9. The Kier molecular flexibility index (Phi) is 6.36. The van der Waals surface area contributed by atoms with E-state index < -0.39 is 0 Å². The van der Waals surface area contributed by atoms with Crippen molar-refractivity contribution in [2.24, 2.45) is 0 Å². The Labute approximate surface area is 166 Å². The molecule has 0 aliphatic carbocycles. The minimum Gasteiger partial charge on any atom is -0.495 e. The number of hydrogen-bond donors (Lipinski definition) is 1. The number of nitrogens with zero attached hydrogens (tertiary/aromatic N) is 2. The number of anilines is 1. The molecule has 1 heterocycles. The number of aryl methyl sites for hydroxylation is 1. The van der Waals surface area contributed by atoms with Crippen LogP contribution in [0.3, 0.4) is 0 Å². The Balaban J connectivity index is 1.54. The molecule has 0 saturated carbocycles. The highest BCUT2D eigenvalue weighted by Gasteiger charge is 2.13. The van der Waals surface area contributed by atoms with Crippen LogP contribution < -0.4 is 10.1 Å². The normalized spacial score (nSPS) is 10.6. The van der Waals surface area contributed by atoms with Gasteiger partial charge in [0.15, 0.2) is 5.82 Å². The van der Waals surface area contributed by atoms with Gasteiger partial charge in [0.2, 0.25) is 5.91 Å². The molecule has 3 aromatic rings. The lowest BCUT2D eigenvalue weighted by atomic mass is 10.2. The van der Waals surface area contributed by atoms with Gasteiger partial charge in [0.05, 0.1) is 34.9 Å². The Morgan fingerprint density at radius 2 is 2.11 bits per heavy atom. The summed E-state index contributed by atoms with van der Waals surface area (Å²) in [5.41, 5.74) is 2.38. The highest BCUT2D eigenvalue weighted by Crippen LogP contribution is 2.27. The van der Waals surface area contributed by atoms with E-state index in [9.17, 15) is 4.79 Å². The smallest absolute Gasteiger partial charge is 0.259 e. The number of rotatable bonds is 7. The van der Waals surface area contributed by atoms with Crippen molar-refractivity contribution < 1.29 is 14.1 Å². The first-order valence-corrected chi connectivity index (χ1v) is 9.70. The molecule has 0 atom stereocenters. The van der Waals surface area contributed by atoms with E-state index in [0.29, 0.717) is 39.5 Å². The number of nitrogens with one attached hydrogen (secondary N) is 1. The Bertz CT molecular complexity index is 945. The average Bonchev–Trinajstić information content (AvgIpc) is 3.11. The molecule has 140 valence electrons. The van der Waals surface area contributed by atoms with E-state index in [1.807, 2.05) is 43.3 Å². The maximum atomic E-state index is 12.2. The van der Waals surface area contributed by atoms with Crippen LogP contribution in [-0.4, -0.2) is 28.9 Å². The van der Waals surface area contributed by atoms with Gasteiger partial charge in [-0.15, -0.1) is 11.8 Å². The standard InChI is InChI=1S/C19H18ClN3O3S/c1-12-7-8-16(25-2)15(9-12)21-18(24)11-27-10-17-22-19(26-23-17)13-5-3-4-6-14(13)20/h3-9H,10-11H2,1-2H3,(H,21,24). The molecule has 3 rings (SSSR count).